The highest BCUT2D eigenvalue weighted by atomic mass is 16.3. The van der Waals surface area contributed by atoms with E-state index >= 15 is 0 Å². The van der Waals surface area contributed by atoms with Crippen LogP contribution in [0.1, 0.15) is 48.2 Å². The molecule has 0 aliphatic heterocycles. The first-order valence-electron chi connectivity index (χ1n) is 8.66. The second kappa shape index (κ2) is 6.68. The number of hydrogen-bond acceptors (Lipinski definition) is 2. The topological polar surface area (TPSA) is 49.3 Å². The number of phenolic OH excluding ortho intramolecular Hbond substituents is 1. The van der Waals surface area contributed by atoms with E-state index in [0.29, 0.717) is 23.8 Å². The Balaban J connectivity index is 1.72. The van der Waals surface area contributed by atoms with Crippen LogP contribution in [-0.4, -0.2) is 17.6 Å². The third-order valence-electron chi connectivity index (χ3n) is 5.61. The number of phenols is 1. The molecule has 2 N–H and O–H groups in total. The molecule has 0 saturated carbocycles. The summed E-state index contributed by atoms with van der Waals surface area (Å²) in [6, 6.07) is 15.0. The average molecular weight is 323 g/mol. The van der Waals surface area contributed by atoms with Crippen molar-refractivity contribution in [1.29, 1.82) is 0 Å². The van der Waals surface area contributed by atoms with E-state index in [4.69, 9.17) is 0 Å². The van der Waals surface area contributed by atoms with Crippen LogP contribution in [0.5, 0.6) is 5.75 Å². The van der Waals surface area contributed by atoms with Gasteiger partial charge in [-0.05, 0) is 66.0 Å². The molecule has 0 saturated heterocycles. The van der Waals surface area contributed by atoms with Gasteiger partial charge in [-0.2, -0.15) is 0 Å². The lowest BCUT2D eigenvalue weighted by molar-refractivity contribution is 0.0947. The van der Waals surface area contributed by atoms with E-state index in [1.807, 2.05) is 42.5 Å². The maximum absolute atomic E-state index is 12.2. The predicted molar refractivity (Wildman–Crippen MR) is 96.3 cm³/mol. The van der Waals surface area contributed by atoms with Crippen molar-refractivity contribution in [2.24, 2.45) is 5.92 Å². The number of aryl methyl sites for hydroxylation is 1. The van der Waals surface area contributed by atoms with Crippen LogP contribution in [0, 0.1) is 5.92 Å². The van der Waals surface area contributed by atoms with Crippen LogP contribution in [-0.2, 0) is 11.8 Å². The Morgan fingerprint density at radius 3 is 2.75 bits per heavy atom. The van der Waals surface area contributed by atoms with Crippen LogP contribution in [0.15, 0.2) is 48.5 Å². The van der Waals surface area contributed by atoms with Crippen LogP contribution in [0.25, 0.3) is 0 Å². The minimum atomic E-state index is -0.0315. The molecule has 0 aromatic heterocycles. The summed E-state index contributed by atoms with van der Waals surface area (Å²) in [5.41, 5.74) is 3.21. The van der Waals surface area contributed by atoms with E-state index < -0.39 is 0 Å². The fourth-order valence-corrected chi connectivity index (χ4v) is 3.78. The van der Waals surface area contributed by atoms with E-state index in [1.54, 1.807) is 6.07 Å². The maximum Gasteiger partial charge on any atom is 0.251 e. The average Bonchev–Trinajstić information content (AvgIpc) is 2.60. The lowest BCUT2D eigenvalue weighted by Crippen LogP contribution is -2.39. The number of aromatic hydroxyl groups is 1. The second-order valence-corrected chi connectivity index (χ2v) is 7.07. The minimum absolute atomic E-state index is 0.0289. The Labute approximate surface area is 143 Å². The highest BCUT2D eigenvalue weighted by molar-refractivity contribution is 5.94. The highest BCUT2D eigenvalue weighted by Gasteiger charge is 2.37. The standard InChI is InChI=1S/C21H25NO2/c1-15-8-9-16-10-11-18(23)14-19(16)21(15,2)12-13-22-20(24)17-6-4-3-5-7-17/h3-7,10-11,14-15,23H,8-9,12-13H2,1-2H3,(H,22,24). The molecule has 1 amide bonds. The van der Waals surface area contributed by atoms with Crippen LogP contribution < -0.4 is 5.32 Å². The van der Waals surface area contributed by atoms with Crippen LogP contribution in [0.3, 0.4) is 0 Å². The SMILES string of the molecule is CC1CCc2ccc(O)cc2C1(C)CCNC(=O)c1ccccc1. The van der Waals surface area contributed by atoms with E-state index in [-0.39, 0.29) is 11.3 Å². The molecule has 2 atom stereocenters. The summed E-state index contributed by atoms with van der Waals surface area (Å²) in [7, 11) is 0. The van der Waals surface area contributed by atoms with Gasteiger partial charge in [0, 0.05) is 12.1 Å². The van der Waals surface area contributed by atoms with Crippen molar-refractivity contribution in [1.82, 2.24) is 5.32 Å². The fraction of sp³-hybridized carbons (Fsp3) is 0.381. The number of amides is 1. The quantitative estimate of drug-likeness (QED) is 0.891. The zero-order valence-corrected chi connectivity index (χ0v) is 14.4. The summed E-state index contributed by atoms with van der Waals surface area (Å²) in [4.78, 5) is 12.2. The van der Waals surface area contributed by atoms with Crippen molar-refractivity contribution >= 4 is 5.91 Å². The smallest absolute Gasteiger partial charge is 0.251 e. The molecule has 24 heavy (non-hydrogen) atoms. The fourth-order valence-electron chi connectivity index (χ4n) is 3.78. The Morgan fingerprint density at radius 2 is 2.00 bits per heavy atom. The molecule has 0 heterocycles. The van der Waals surface area contributed by atoms with Gasteiger partial charge in [-0.15, -0.1) is 0 Å². The summed E-state index contributed by atoms with van der Waals surface area (Å²) < 4.78 is 0. The van der Waals surface area contributed by atoms with Gasteiger partial charge >= 0.3 is 0 Å². The summed E-state index contributed by atoms with van der Waals surface area (Å²) in [6.45, 7) is 5.15. The van der Waals surface area contributed by atoms with Gasteiger partial charge in [-0.25, -0.2) is 0 Å². The number of carbonyl (C=O) groups is 1. The zero-order chi connectivity index (χ0) is 17.2. The van der Waals surface area contributed by atoms with Crippen molar-refractivity contribution in [3.8, 4) is 5.75 Å². The lowest BCUT2D eigenvalue weighted by Gasteiger charge is -2.42. The Kier molecular flexibility index (Phi) is 4.61. The molecule has 1 aliphatic carbocycles. The highest BCUT2D eigenvalue weighted by Crippen LogP contribution is 2.44. The molecule has 3 rings (SSSR count). The Hall–Kier alpha value is -2.29. The van der Waals surface area contributed by atoms with Gasteiger partial charge in [0.15, 0.2) is 0 Å². The summed E-state index contributed by atoms with van der Waals surface area (Å²) in [5.74, 6) is 0.807. The third-order valence-corrected chi connectivity index (χ3v) is 5.61. The van der Waals surface area contributed by atoms with Gasteiger partial charge < -0.3 is 10.4 Å². The molecule has 0 spiro atoms. The molecule has 0 bridgehead atoms. The molecule has 2 aromatic carbocycles. The van der Waals surface area contributed by atoms with E-state index in [9.17, 15) is 9.90 Å². The monoisotopic (exact) mass is 323 g/mol. The summed E-state index contributed by atoms with van der Waals surface area (Å²) in [6.07, 6.45) is 3.06. The first-order chi connectivity index (χ1) is 11.5. The van der Waals surface area contributed by atoms with Crippen molar-refractivity contribution in [2.75, 3.05) is 6.54 Å². The minimum Gasteiger partial charge on any atom is -0.508 e. The molecule has 126 valence electrons. The predicted octanol–water partition coefficient (Wildman–Crippen LogP) is 4.05. The first-order valence-corrected chi connectivity index (χ1v) is 8.66. The van der Waals surface area contributed by atoms with E-state index in [0.717, 1.165) is 19.3 Å². The largest absolute Gasteiger partial charge is 0.508 e. The zero-order valence-electron chi connectivity index (χ0n) is 14.4. The molecule has 2 aromatic rings. The Morgan fingerprint density at radius 1 is 1.25 bits per heavy atom. The molecule has 2 unspecified atom stereocenters. The third kappa shape index (κ3) is 3.16. The summed E-state index contributed by atoms with van der Waals surface area (Å²) in [5, 5.41) is 12.9. The number of hydrogen-bond donors (Lipinski definition) is 2. The number of fused-ring (bicyclic) bond motifs is 1. The van der Waals surface area contributed by atoms with Crippen molar-refractivity contribution < 1.29 is 9.90 Å². The van der Waals surface area contributed by atoms with Crippen LogP contribution >= 0.6 is 0 Å². The second-order valence-electron chi connectivity index (χ2n) is 7.07. The van der Waals surface area contributed by atoms with E-state index in [2.05, 4.69) is 19.2 Å². The molecule has 3 heteroatoms. The van der Waals surface area contributed by atoms with Crippen molar-refractivity contribution in [3.63, 3.8) is 0 Å². The van der Waals surface area contributed by atoms with E-state index in [1.165, 1.54) is 11.1 Å². The lowest BCUT2D eigenvalue weighted by atomic mass is 9.63. The number of rotatable bonds is 4. The van der Waals surface area contributed by atoms with Crippen molar-refractivity contribution in [3.05, 3.63) is 65.2 Å². The molecule has 0 fully saturated rings. The number of nitrogens with one attached hydrogen (secondary N) is 1. The van der Waals surface area contributed by atoms with Gasteiger partial charge in [-0.3, -0.25) is 4.79 Å². The van der Waals surface area contributed by atoms with Gasteiger partial charge in [0.05, 0.1) is 0 Å². The van der Waals surface area contributed by atoms with Crippen LogP contribution in [0.2, 0.25) is 0 Å². The Bertz CT molecular complexity index is 726. The van der Waals surface area contributed by atoms with Gasteiger partial charge in [0.1, 0.15) is 5.75 Å². The van der Waals surface area contributed by atoms with Gasteiger partial charge in [0.25, 0.3) is 5.91 Å². The molecule has 3 nitrogen and oxygen atoms in total. The number of carbonyl (C=O) groups excluding carboxylic acids is 1. The number of benzene rings is 2. The normalized spacial score (nSPS) is 22.7. The molecular formula is C21H25NO2. The maximum atomic E-state index is 12.2. The van der Waals surface area contributed by atoms with Crippen molar-refractivity contribution in [2.45, 2.75) is 38.5 Å². The molecule has 1 aliphatic rings. The van der Waals surface area contributed by atoms with Crippen LogP contribution in [0.4, 0.5) is 0 Å². The molecule has 0 radical (unpaired) electrons. The van der Waals surface area contributed by atoms with Gasteiger partial charge in [0.2, 0.25) is 0 Å². The first kappa shape index (κ1) is 16.6. The molecular weight excluding hydrogens is 298 g/mol. The van der Waals surface area contributed by atoms with Gasteiger partial charge in [-0.1, -0.05) is 38.1 Å². The summed E-state index contributed by atoms with van der Waals surface area (Å²) >= 11 is 0.